The van der Waals surface area contributed by atoms with Crippen LogP contribution in [0.3, 0.4) is 0 Å². The van der Waals surface area contributed by atoms with E-state index in [9.17, 15) is 4.79 Å². The summed E-state index contributed by atoms with van der Waals surface area (Å²) < 4.78 is 0. The van der Waals surface area contributed by atoms with Gasteiger partial charge in [-0.15, -0.1) is 0 Å². The average Bonchev–Trinajstić information content (AvgIpc) is 2.32. The van der Waals surface area contributed by atoms with Gasteiger partial charge in [0.15, 0.2) is 0 Å². The number of carbonyl (C=O) groups excluding carboxylic acids is 1. The van der Waals surface area contributed by atoms with Crippen LogP contribution >= 0.6 is 0 Å². The molecular weight excluding hydrogens is 222 g/mol. The Morgan fingerprint density at radius 3 is 2.61 bits per heavy atom. The van der Waals surface area contributed by atoms with Crippen LogP contribution < -0.4 is 5.32 Å². The number of hydrogen-bond acceptors (Lipinski definition) is 1. The molecule has 0 unspecified atom stereocenters. The van der Waals surface area contributed by atoms with Crippen LogP contribution in [-0.4, -0.2) is 5.91 Å². The second-order valence-corrected chi connectivity index (χ2v) is 5.93. The highest BCUT2D eigenvalue weighted by Crippen LogP contribution is 2.34. The molecule has 2 heteroatoms. The van der Waals surface area contributed by atoms with Crippen molar-refractivity contribution in [3.8, 4) is 0 Å². The number of nitrogens with one attached hydrogen (secondary N) is 1. The van der Waals surface area contributed by atoms with E-state index in [-0.39, 0.29) is 11.3 Å². The second kappa shape index (κ2) is 3.58. The summed E-state index contributed by atoms with van der Waals surface area (Å²) in [6.07, 6.45) is 0. The molecule has 0 saturated carbocycles. The van der Waals surface area contributed by atoms with Crippen molar-refractivity contribution in [2.75, 3.05) is 0 Å². The molecule has 3 rings (SSSR count). The van der Waals surface area contributed by atoms with Crippen LogP contribution in [0.15, 0.2) is 30.3 Å². The molecule has 0 fully saturated rings. The summed E-state index contributed by atoms with van der Waals surface area (Å²) in [6.45, 7) is 7.26. The van der Waals surface area contributed by atoms with Gasteiger partial charge in [-0.05, 0) is 33.4 Å². The summed E-state index contributed by atoms with van der Waals surface area (Å²) in [5, 5.41) is 5.27. The van der Waals surface area contributed by atoms with E-state index in [4.69, 9.17) is 0 Å². The fraction of sp³-hybridized carbons (Fsp3) is 0.312. The number of amides is 1. The summed E-state index contributed by atoms with van der Waals surface area (Å²) in [7, 11) is 0. The van der Waals surface area contributed by atoms with Gasteiger partial charge in [-0.3, -0.25) is 4.79 Å². The molecule has 18 heavy (non-hydrogen) atoms. The maximum absolute atomic E-state index is 11.9. The van der Waals surface area contributed by atoms with Crippen LogP contribution in [0.2, 0.25) is 0 Å². The van der Waals surface area contributed by atoms with Crippen molar-refractivity contribution < 1.29 is 4.79 Å². The lowest BCUT2D eigenvalue weighted by Gasteiger charge is -2.25. The van der Waals surface area contributed by atoms with E-state index in [1.807, 2.05) is 6.07 Å². The molecule has 0 bridgehead atoms. The smallest absolute Gasteiger partial charge is 0.252 e. The van der Waals surface area contributed by atoms with Crippen molar-refractivity contribution in [3.63, 3.8) is 0 Å². The van der Waals surface area contributed by atoms with Crippen LogP contribution in [-0.2, 0) is 12.0 Å². The molecule has 1 amide bonds. The predicted octanol–water partition coefficient (Wildman–Crippen LogP) is 3.38. The molecular formula is C16H17NO. The predicted molar refractivity (Wildman–Crippen MR) is 73.8 cm³/mol. The minimum Gasteiger partial charge on any atom is -0.348 e. The monoisotopic (exact) mass is 239 g/mol. The maximum atomic E-state index is 11.9. The van der Waals surface area contributed by atoms with E-state index in [0.29, 0.717) is 6.54 Å². The van der Waals surface area contributed by atoms with Gasteiger partial charge < -0.3 is 5.32 Å². The zero-order valence-corrected chi connectivity index (χ0v) is 11.0. The average molecular weight is 239 g/mol. The standard InChI is InChI=1S/C16H17NO/c1-16(2,3)13-8-7-12-14-10(9-17-15(12)18)5-4-6-11(13)14/h4-8H,9H2,1-3H3,(H,17,18). The highest BCUT2D eigenvalue weighted by Gasteiger charge is 2.23. The van der Waals surface area contributed by atoms with Crippen molar-refractivity contribution in [2.24, 2.45) is 0 Å². The molecule has 1 aliphatic heterocycles. The Hall–Kier alpha value is -1.83. The highest BCUT2D eigenvalue weighted by molar-refractivity contribution is 6.11. The summed E-state index contributed by atoms with van der Waals surface area (Å²) in [6, 6.07) is 10.3. The van der Waals surface area contributed by atoms with Crippen LogP contribution in [0.4, 0.5) is 0 Å². The lowest BCUT2D eigenvalue weighted by Crippen LogP contribution is -2.28. The first-order valence-electron chi connectivity index (χ1n) is 6.32. The molecule has 1 aliphatic rings. The van der Waals surface area contributed by atoms with E-state index in [2.05, 4.69) is 50.4 Å². The first kappa shape index (κ1) is 11.3. The largest absolute Gasteiger partial charge is 0.348 e. The topological polar surface area (TPSA) is 29.1 Å². The van der Waals surface area contributed by atoms with Crippen LogP contribution in [0.1, 0.15) is 42.3 Å². The lowest BCUT2D eigenvalue weighted by atomic mass is 9.81. The van der Waals surface area contributed by atoms with Gasteiger partial charge >= 0.3 is 0 Å². The van der Waals surface area contributed by atoms with Gasteiger partial charge in [-0.25, -0.2) is 0 Å². The molecule has 0 aliphatic carbocycles. The summed E-state index contributed by atoms with van der Waals surface area (Å²) in [5.41, 5.74) is 3.41. The minimum absolute atomic E-state index is 0.0409. The zero-order chi connectivity index (χ0) is 12.9. The van der Waals surface area contributed by atoms with Gasteiger partial charge in [0.25, 0.3) is 5.91 Å². The maximum Gasteiger partial charge on any atom is 0.252 e. The fourth-order valence-corrected chi connectivity index (χ4v) is 2.74. The Morgan fingerprint density at radius 1 is 1.11 bits per heavy atom. The lowest BCUT2D eigenvalue weighted by molar-refractivity contribution is 0.0949. The molecule has 2 aromatic rings. The van der Waals surface area contributed by atoms with Crippen molar-refractivity contribution >= 4 is 16.7 Å². The van der Waals surface area contributed by atoms with E-state index in [1.165, 1.54) is 16.5 Å². The number of benzene rings is 2. The van der Waals surface area contributed by atoms with Crippen LogP contribution in [0.25, 0.3) is 10.8 Å². The zero-order valence-electron chi connectivity index (χ0n) is 11.0. The van der Waals surface area contributed by atoms with Crippen molar-refractivity contribution in [1.29, 1.82) is 0 Å². The molecule has 0 radical (unpaired) electrons. The number of carbonyl (C=O) groups is 1. The summed E-state index contributed by atoms with van der Waals surface area (Å²) >= 11 is 0. The van der Waals surface area contributed by atoms with Crippen LogP contribution in [0.5, 0.6) is 0 Å². The fourth-order valence-electron chi connectivity index (χ4n) is 2.74. The third-order valence-corrected chi connectivity index (χ3v) is 3.62. The normalized spacial score (nSPS) is 14.7. The molecule has 0 saturated heterocycles. The van der Waals surface area contributed by atoms with Crippen LogP contribution in [0, 0.1) is 0 Å². The van der Waals surface area contributed by atoms with Gasteiger partial charge in [0.05, 0.1) is 0 Å². The van der Waals surface area contributed by atoms with Gasteiger partial charge in [-0.1, -0.05) is 45.0 Å². The van der Waals surface area contributed by atoms with Gasteiger partial charge in [0, 0.05) is 12.1 Å². The van der Waals surface area contributed by atoms with Crippen molar-refractivity contribution in [1.82, 2.24) is 5.32 Å². The van der Waals surface area contributed by atoms with Gasteiger partial charge in [0.1, 0.15) is 0 Å². The molecule has 0 spiro atoms. The molecule has 1 heterocycles. The SMILES string of the molecule is CC(C)(C)c1ccc2c3c(cccc13)CNC2=O. The molecule has 2 nitrogen and oxygen atoms in total. The summed E-state index contributed by atoms with van der Waals surface area (Å²) in [4.78, 5) is 11.9. The Morgan fingerprint density at radius 2 is 1.89 bits per heavy atom. The minimum atomic E-state index is 0.0409. The Balaban J connectivity index is 2.44. The van der Waals surface area contributed by atoms with Crippen molar-refractivity contribution in [3.05, 3.63) is 47.0 Å². The summed E-state index contributed by atoms with van der Waals surface area (Å²) in [5.74, 6) is 0.0409. The van der Waals surface area contributed by atoms with Gasteiger partial charge in [0.2, 0.25) is 0 Å². The van der Waals surface area contributed by atoms with Gasteiger partial charge in [-0.2, -0.15) is 0 Å². The highest BCUT2D eigenvalue weighted by atomic mass is 16.1. The Bertz CT molecular complexity index is 650. The van der Waals surface area contributed by atoms with E-state index in [0.717, 1.165) is 10.9 Å². The Labute approximate surface area is 107 Å². The Kier molecular flexibility index (Phi) is 2.24. The molecule has 92 valence electrons. The number of rotatable bonds is 0. The quantitative estimate of drug-likeness (QED) is 0.750. The third-order valence-electron chi connectivity index (χ3n) is 3.62. The molecule has 0 atom stereocenters. The third kappa shape index (κ3) is 1.52. The first-order valence-corrected chi connectivity index (χ1v) is 6.32. The molecule has 0 aromatic heterocycles. The van der Waals surface area contributed by atoms with E-state index < -0.39 is 0 Å². The van der Waals surface area contributed by atoms with E-state index >= 15 is 0 Å². The molecule has 2 aromatic carbocycles. The first-order chi connectivity index (χ1) is 8.48. The second-order valence-electron chi connectivity index (χ2n) is 5.93. The van der Waals surface area contributed by atoms with Crippen molar-refractivity contribution in [2.45, 2.75) is 32.7 Å². The molecule has 1 N–H and O–H groups in total. The van der Waals surface area contributed by atoms with E-state index in [1.54, 1.807) is 0 Å². The number of hydrogen-bond donors (Lipinski definition) is 1.